The Bertz CT molecular complexity index is 1150. The maximum atomic E-state index is 13.1. The predicted octanol–water partition coefficient (Wildman–Crippen LogP) is 2.60. The summed E-state index contributed by atoms with van der Waals surface area (Å²) in [6.45, 7) is 1.50. The molecular weight excluding hydrogens is 429 g/mol. The maximum absolute atomic E-state index is 13.1. The van der Waals surface area contributed by atoms with Gasteiger partial charge in [-0.05, 0) is 29.8 Å². The van der Waals surface area contributed by atoms with E-state index in [1.54, 1.807) is 18.3 Å². The number of carbonyl (C=O) groups is 2. The number of hydrogen-bond donors (Lipinski definition) is 2. The molecule has 2 aliphatic rings. The molecule has 2 unspecified atom stereocenters. The van der Waals surface area contributed by atoms with Crippen molar-refractivity contribution in [1.29, 1.82) is 0 Å². The van der Waals surface area contributed by atoms with Crippen LogP contribution in [0.15, 0.2) is 53.2 Å². The molecule has 1 aliphatic heterocycles. The van der Waals surface area contributed by atoms with E-state index in [4.69, 9.17) is 9.26 Å². The molecule has 0 bridgehead atoms. The number of piperidine rings is 1. The zero-order valence-corrected chi connectivity index (χ0v) is 17.8. The van der Waals surface area contributed by atoms with Crippen LogP contribution in [0.1, 0.15) is 16.2 Å². The molecule has 9 nitrogen and oxygen atoms in total. The molecule has 2 N–H and O–H groups in total. The molecule has 2 atom stereocenters. The van der Waals surface area contributed by atoms with Crippen molar-refractivity contribution in [3.8, 4) is 11.1 Å². The minimum atomic E-state index is -0.527. The van der Waals surface area contributed by atoms with Crippen LogP contribution in [0.5, 0.6) is 0 Å². The van der Waals surface area contributed by atoms with Crippen molar-refractivity contribution >= 4 is 17.8 Å². The van der Waals surface area contributed by atoms with Crippen molar-refractivity contribution in [3.05, 3.63) is 65.9 Å². The van der Waals surface area contributed by atoms with E-state index < -0.39 is 6.09 Å². The first-order chi connectivity index (χ1) is 16.0. The van der Waals surface area contributed by atoms with Crippen LogP contribution in [0.4, 0.5) is 15.0 Å². The van der Waals surface area contributed by atoms with E-state index in [0.717, 1.165) is 30.0 Å². The highest BCUT2D eigenvalue weighted by Crippen LogP contribution is 2.46. The van der Waals surface area contributed by atoms with E-state index in [0.29, 0.717) is 17.6 Å². The lowest BCUT2D eigenvalue weighted by Gasteiger charge is -2.21. The second-order valence-electron chi connectivity index (χ2n) is 8.15. The number of pyridine rings is 1. The average Bonchev–Trinajstić information content (AvgIpc) is 3.20. The normalized spacial score (nSPS) is 20.8. The monoisotopic (exact) mass is 451 g/mol. The van der Waals surface area contributed by atoms with Gasteiger partial charge in [-0.15, -0.1) is 0 Å². The lowest BCUT2D eigenvalue weighted by Crippen LogP contribution is -2.35. The number of hydrogen-bond acceptors (Lipinski definition) is 7. The fraction of sp³-hybridized carbons (Fsp3) is 0.304. The minimum Gasteiger partial charge on any atom is -0.441 e. The maximum Gasteiger partial charge on any atom is 0.407 e. The van der Waals surface area contributed by atoms with Crippen LogP contribution in [-0.2, 0) is 11.3 Å². The van der Waals surface area contributed by atoms with Crippen molar-refractivity contribution in [2.24, 2.45) is 11.8 Å². The van der Waals surface area contributed by atoms with E-state index in [-0.39, 0.29) is 30.1 Å². The second kappa shape index (κ2) is 8.53. The second-order valence-corrected chi connectivity index (χ2v) is 8.15. The first-order valence-electron chi connectivity index (χ1n) is 10.6. The minimum absolute atomic E-state index is 0.0726. The highest BCUT2D eigenvalue weighted by molar-refractivity contribution is 5.91. The number of anilines is 1. The van der Waals surface area contributed by atoms with Crippen LogP contribution in [0.25, 0.3) is 11.1 Å². The summed E-state index contributed by atoms with van der Waals surface area (Å²) < 4.78 is 23.3. The standard InChI is InChI=1S/C23H22FN5O4/c1-25-22(30)19-8-16(33-28-19)12-32-23(31)27-21-17-10-29(11-18(17)21)20-7-4-14(9-26-20)13-2-5-15(24)6-3-13/h2-9,17-18,21H,10-12H2,1H3,(H,25,30)(H,27,31). The van der Waals surface area contributed by atoms with Crippen LogP contribution in [0.3, 0.4) is 0 Å². The van der Waals surface area contributed by atoms with Gasteiger partial charge < -0.3 is 24.8 Å². The number of halogens is 1. The molecule has 3 heterocycles. The number of benzene rings is 1. The Balaban J connectivity index is 1.08. The topological polar surface area (TPSA) is 110 Å². The summed E-state index contributed by atoms with van der Waals surface area (Å²) in [5, 5.41) is 8.96. The summed E-state index contributed by atoms with van der Waals surface area (Å²) in [6.07, 6.45) is 1.26. The van der Waals surface area contributed by atoms with Gasteiger partial charge in [-0.25, -0.2) is 14.2 Å². The number of fused-ring (bicyclic) bond motifs is 1. The first-order valence-corrected chi connectivity index (χ1v) is 10.6. The Morgan fingerprint density at radius 1 is 1.15 bits per heavy atom. The number of aromatic nitrogens is 2. The molecule has 0 radical (unpaired) electrons. The number of nitrogens with zero attached hydrogens (tertiary/aromatic N) is 3. The van der Waals surface area contributed by atoms with Crippen molar-refractivity contribution in [2.45, 2.75) is 12.6 Å². The first kappa shape index (κ1) is 20.9. The van der Waals surface area contributed by atoms with Crippen LogP contribution >= 0.6 is 0 Å². The van der Waals surface area contributed by atoms with Gasteiger partial charge in [-0.1, -0.05) is 17.3 Å². The van der Waals surface area contributed by atoms with Crippen LogP contribution in [0, 0.1) is 17.7 Å². The largest absolute Gasteiger partial charge is 0.441 e. The molecular formula is C23H22FN5O4. The Labute approximate surface area is 188 Å². The van der Waals surface area contributed by atoms with E-state index in [2.05, 4.69) is 25.7 Å². The van der Waals surface area contributed by atoms with Crippen molar-refractivity contribution in [2.75, 3.05) is 25.0 Å². The lowest BCUT2D eigenvalue weighted by atomic mass is 10.1. The molecule has 2 aromatic heterocycles. The molecule has 3 aromatic rings. The van der Waals surface area contributed by atoms with Gasteiger partial charge in [0.2, 0.25) is 0 Å². The quantitative estimate of drug-likeness (QED) is 0.593. The molecule has 170 valence electrons. The summed E-state index contributed by atoms with van der Waals surface area (Å²) >= 11 is 0. The highest BCUT2D eigenvalue weighted by atomic mass is 19.1. The molecule has 2 amide bonds. The smallest absolute Gasteiger partial charge is 0.407 e. The van der Waals surface area contributed by atoms with Gasteiger partial charge in [0.05, 0.1) is 0 Å². The van der Waals surface area contributed by atoms with Gasteiger partial charge in [-0.3, -0.25) is 4.79 Å². The molecule has 2 fully saturated rings. The molecule has 1 aromatic carbocycles. The number of rotatable bonds is 6. The molecule has 1 aliphatic carbocycles. The third kappa shape index (κ3) is 4.36. The third-order valence-corrected chi connectivity index (χ3v) is 6.09. The van der Waals surface area contributed by atoms with Crippen LogP contribution < -0.4 is 15.5 Å². The van der Waals surface area contributed by atoms with E-state index in [1.165, 1.54) is 25.2 Å². The van der Waals surface area contributed by atoms with E-state index >= 15 is 0 Å². The predicted molar refractivity (Wildman–Crippen MR) is 116 cm³/mol. The lowest BCUT2D eigenvalue weighted by molar-refractivity contribution is 0.0952. The zero-order chi connectivity index (χ0) is 22.9. The molecule has 0 spiro atoms. The summed E-state index contributed by atoms with van der Waals surface area (Å²) in [7, 11) is 1.49. The van der Waals surface area contributed by atoms with Gasteiger partial charge in [0.25, 0.3) is 5.91 Å². The molecule has 33 heavy (non-hydrogen) atoms. The number of nitrogens with one attached hydrogen (secondary N) is 2. The van der Waals surface area contributed by atoms with Gasteiger partial charge in [0.1, 0.15) is 11.6 Å². The molecule has 5 rings (SSSR count). The van der Waals surface area contributed by atoms with Gasteiger partial charge in [0.15, 0.2) is 18.1 Å². The Kier molecular flexibility index (Phi) is 5.41. The molecule has 1 saturated carbocycles. The summed E-state index contributed by atoms with van der Waals surface area (Å²) in [5.41, 5.74) is 1.98. The van der Waals surface area contributed by atoms with Crippen LogP contribution in [-0.4, -0.2) is 48.3 Å². The Morgan fingerprint density at radius 2 is 1.88 bits per heavy atom. The Hall–Kier alpha value is -3.95. The number of alkyl carbamates (subject to hydrolysis) is 1. The molecule has 1 saturated heterocycles. The highest BCUT2D eigenvalue weighted by Gasteiger charge is 2.57. The molecule has 10 heteroatoms. The number of ether oxygens (including phenoxy) is 1. The average molecular weight is 451 g/mol. The SMILES string of the molecule is CNC(=O)c1cc(COC(=O)NC2C3CN(c4ccc(-c5ccc(F)cc5)cn4)CC32)on1. The summed E-state index contributed by atoms with van der Waals surface area (Å²) in [5.74, 6) is 1.24. The van der Waals surface area contributed by atoms with Gasteiger partial charge in [0, 0.05) is 55.8 Å². The third-order valence-electron chi connectivity index (χ3n) is 6.09. The van der Waals surface area contributed by atoms with Crippen molar-refractivity contribution in [3.63, 3.8) is 0 Å². The van der Waals surface area contributed by atoms with E-state index in [1.807, 2.05) is 12.1 Å². The Morgan fingerprint density at radius 3 is 2.55 bits per heavy atom. The number of amides is 2. The zero-order valence-electron chi connectivity index (χ0n) is 17.8. The van der Waals surface area contributed by atoms with E-state index in [9.17, 15) is 14.0 Å². The van der Waals surface area contributed by atoms with Gasteiger partial charge >= 0.3 is 6.09 Å². The van der Waals surface area contributed by atoms with Crippen LogP contribution in [0.2, 0.25) is 0 Å². The van der Waals surface area contributed by atoms with Crippen molar-refractivity contribution < 1.29 is 23.2 Å². The fourth-order valence-electron chi connectivity index (χ4n) is 4.24. The fourth-order valence-corrected chi connectivity index (χ4v) is 4.24. The number of carbonyl (C=O) groups excluding carboxylic acids is 2. The van der Waals surface area contributed by atoms with Crippen molar-refractivity contribution in [1.82, 2.24) is 20.8 Å². The summed E-state index contributed by atoms with van der Waals surface area (Å²) in [4.78, 5) is 30.3. The summed E-state index contributed by atoms with van der Waals surface area (Å²) in [6, 6.07) is 11.8. The van der Waals surface area contributed by atoms with Gasteiger partial charge in [-0.2, -0.15) is 0 Å².